The molecule has 0 saturated carbocycles. The van der Waals surface area contributed by atoms with E-state index in [0.717, 1.165) is 12.2 Å². The molecule has 4 nitrogen and oxygen atoms in total. The Labute approximate surface area is 139 Å². The standard InChI is InChI=1S/C11H16O.C7H5NO2S/c1-4-11(2,3)12-10-8-6-5-7-9-10;9-7-5-3-1-2-4-6(5)11(10)8-7/h5-9H,4H2,1-3H3;1-4H,(H,8,9). The lowest BCUT2D eigenvalue weighted by Gasteiger charge is -2.24. The molecule has 0 aromatic heterocycles. The second-order valence-corrected chi connectivity index (χ2v) is 6.91. The Hall–Kier alpha value is -2.14. The first-order valence-electron chi connectivity index (χ1n) is 7.49. The van der Waals surface area contributed by atoms with Crippen LogP contribution in [0.25, 0.3) is 0 Å². The molecule has 0 saturated heterocycles. The van der Waals surface area contributed by atoms with Crippen LogP contribution in [0.1, 0.15) is 37.6 Å². The van der Waals surface area contributed by atoms with E-state index in [-0.39, 0.29) is 11.5 Å². The largest absolute Gasteiger partial charge is 0.488 e. The zero-order chi connectivity index (χ0) is 16.9. The minimum Gasteiger partial charge on any atom is -0.488 e. The van der Waals surface area contributed by atoms with Gasteiger partial charge in [0.15, 0.2) is 11.0 Å². The van der Waals surface area contributed by atoms with Crippen molar-refractivity contribution >= 4 is 16.9 Å². The molecule has 5 heteroatoms. The Morgan fingerprint density at radius 2 is 1.65 bits per heavy atom. The van der Waals surface area contributed by atoms with Gasteiger partial charge in [0.05, 0.1) is 10.5 Å². The number of carbonyl (C=O) groups is 1. The predicted molar refractivity (Wildman–Crippen MR) is 91.8 cm³/mol. The van der Waals surface area contributed by atoms with Gasteiger partial charge in [0.25, 0.3) is 5.91 Å². The Morgan fingerprint density at radius 3 is 2.26 bits per heavy atom. The number of rotatable bonds is 3. The highest BCUT2D eigenvalue weighted by molar-refractivity contribution is 7.84. The van der Waals surface area contributed by atoms with Crippen LogP contribution in [0.2, 0.25) is 0 Å². The van der Waals surface area contributed by atoms with E-state index in [4.69, 9.17) is 4.74 Å². The Bertz CT molecular complexity index is 665. The average Bonchev–Trinajstić information content (AvgIpc) is 2.84. The fourth-order valence-electron chi connectivity index (χ4n) is 1.89. The van der Waals surface area contributed by atoms with Gasteiger partial charge in [-0.15, -0.1) is 0 Å². The molecule has 0 bridgehead atoms. The third kappa shape index (κ3) is 4.66. The van der Waals surface area contributed by atoms with Crippen LogP contribution in [0.3, 0.4) is 0 Å². The first kappa shape index (κ1) is 17.2. The molecule has 1 aliphatic rings. The van der Waals surface area contributed by atoms with E-state index < -0.39 is 11.0 Å². The zero-order valence-electron chi connectivity index (χ0n) is 13.5. The molecule has 0 aliphatic carbocycles. The third-order valence-corrected chi connectivity index (χ3v) is 4.63. The second-order valence-electron chi connectivity index (χ2n) is 5.72. The lowest BCUT2D eigenvalue weighted by molar-refractivity contribution is 0.0985. The molecule has 3 rings (SSSR count). The maximum atomic E-state index is 11.1. The number of ether oxygens (including phenoxy) is 1. The van der Waals surface area contributed by atoms with E-state index in [1.54, 1.807) is 24.3 Å². The summed E-state index contributed by atoms with van der Waals surface area (Å²) in [6.45, 7) is 6.32. The molecule has 0 fully saturated rings. The third-order valence-electron chi connectivity index (χ3n) is 3.51. The number of amides is 1. The van der Waals surface area contributed by atoms with Crippen molar-refractivity contribution in [1.29, 1.82) is 0 Å². The van der Waals surface area contributed by atoms with Crippen molar-refractivity contribution in [2.45, 2.75) is 37.7 Å². The monoisotopic (exact) mass is 331 g/mol. The minimum atomic E-state index is -1.33. The van der Waals surface area contributed by atoms with Gasteiger partial charge in [0, 0.05) is 0 Å². The van der Waals surface area contributed by atoms with Gasteiger partial charge < -0.3 is 4.74 Å². The highest BCUT2D eigenvalue weighted by atomic mass is 32.2. The van der Waals surface area contributed by atoms with Crippen LogP contribution < -0.4 is 9.46 Å². The van der Waals surface area contributed by atoms with Crippen molar-refractivity contribution in [2.24, 2.45) is 0 Å². The van der Waals surface area contributed by atoms with Gasteiger partial charge in [0.1, 0.15) is 11.4 Å². The summed E-state index contributed by atoms with van der Waals surface area (Å²) < 4.78 is 19.1. The van der Waals surface area contributed by atoms with Crippen molar-refractivity contribution in [2.75, 3.05) is 0 Å². The first-order valence-corrected chi connectivity index (χ1v) is 8.64. The quantitative estimate of drug-likeness (QED) is 0.933. The summed E-state index contributed by atoms with van der Waals surface area (Å²) in [6.07, 6.45) is 1.02. The Kier molecular flexibility index (Phi) is 5.55. The van der Waals surface area contributed by atoms with Gasteiger partial charge in [-0.05, 0) is 44.5 Å². The lowest BCUT2D eigenvalue weighted by Crippen LogP contribution is -2.26. The molecule has 1 amide bonds. The van der Waals surface area contributed by atoms with E-state index in [1.807, 2.05) is 30.3 Å². The van der Waals surface area contributed by atoms with Gasteiger partial charge in [0.2, 0.25) is 0 Å². The number of hydrogen-bond donors (Lipinski definition) is 1. The summed E-state index contributed by atoms with van der Waals surface area (Å²) in [4.78, 5) is 11.6. The molecule has 1 atom stereocenters. The van der Waals surface area contributed by atoms with Crippen molar-refractivity contribution < 1.29 is 13.7 Å². The summed E-state index contributed by atoms with van der Waals surface area (Å²) in [6, 6.07) is 16.8. The number of para-hydroxylation sites is 1. The zero-order valence-corrected chi connectivity index (χ0v) is 14.4. The number of hydrogen-bond acceptors (Lipinski definition) is 3. The highest BCUT2D eigenvalue weighted by Gasteiger charge is 2.24. The van der Waals surface area contributed by atoms with E-state index in [0.29, 0.717) is 10.5 Å². The minimum absolute atomic E-state index is 0.0542. The van der Waals surface area contributed by atoms with Gasteiger partial charge in [-0.25, -0.2) is 4.21 Å². The first-order chi connectivity index (χ1) is 10.9. The lowest BCUT2D eigenvalue weighted by atomic mass is 10.1. The van der Waals surface area contributed by atoms with E-state index in [9.17, 15) is 9.00 Å². The molecule has 2 aromatic rings. The van der Waals surface area contributed by atoms with Crippen molar-refractivity contribution in [3.63, 3.8) is 0 Å². The summed E-state index contributed by atoms with van der Waals surface area (Å²) >= 11 is 0. The van der Waals surface area contributed by atoms with Crippen LogP contribution in [0.5, 0.6) is 5.75 Å². The summed E-state index contributed by atoms with van der Waals surface area (Å²) in [5.74, 6) is 0.697. The molecule has 1 unspecified atom stereocenters. The number of benzene rings is 2. The Morgan fingerprint density at radius 1 is 1.04 bits per heavy atom. The smallest absolute Gasteiger partial charge is 0.264 e. The van der Waals surface area contributed by atoms with Crippen LogP contribution in [0.15, 0.2) is 59.5 Å². The van der Waals surface area contributed by atoms with Crippen LogP contribution in [0, 0.1) is 0 Å². The van der Waals surface area contributed by atoms with Gasteiger partial charge in [-0.3, -0.25) is 9.52 Å². The molecule has 0 spiro atoms. The van der Waals surface area contributed by atoms with Crippen LogP contribution >= 0.6 is 0 Å². The normalized spacial score (nSPS) is 16.0. The molecule has 23 heavy (non-hydrogen) atoms. The Balaban J connectivity index is 0.000000167. The van der Waals surface area contributed by atoms with Gasteiger partial charge in [-0.1, -0.05) is 37.3 Å². The number of carbonyl (C=O) groups excluding carboxylic acids is 1. The molecule has 1 heterocycles. The molecule has 122 valence electrons. The van der Waals surface area contributed by atoms with Crippen LogP contribution in [-0.4, -0.2) is 15.7 Å². The summed E-state index contributed by atoms with van der Waals surface area (Å²) in [7, 11) is -1.33. The molecule has 1 aliphatic heterocycles. The number of nitrogens with one attached hydrogen (secondary N) is 1. The fourth-order valence-corrected chi connectivity index (χ4v) is 2.84. The average molecular weight is 331 g/mol. The van der Waals surface area contributed by atoms with Crippen molar-refractivity contribution in [3.05, 3.63) is 60.2 Å². The van der Waals surface area contributed by atoms with Crippen molar-refractivity contribution in [3.8, 4) is 5.75 Å². The van der Waals surface area contributed by atoms with Gasteiger partial charge >= 0.3 is 0 Å². The maximum Gasteiger partial charge on any atom is 0.264 e. The molecule has 0 radical (unpaired) electrons. The molecular formula is C18H21NO3S. The SMILES string of the molecule is CCC(C)(C)Oc1ccccc1.O=C1NS(=O)c2ccccc21. The predicted octanol–water partition coefficient (Wildman–Crippen LogP) is 3.71. The van der Waals surface area contributed by atoms with Crippen molar-refractivity contribution in [1.82, 2.24) is 4.72 Å². The molecule has 1 N–H and O–H groups in total. The summed E-state index contributed by atoms with van der Waals surface area (Å²) in [5.41, 5.74) is 0.465. The maximum absolute atomic E-state index is 11.1. The van der Waals surface area contributed by atoms with E-state index in [1.165, 1.54) is 0 Å². The topological polar surface area (TPSA) is 55.4 Å². The number of fused-ring (bicyclic) bond motifs is 1. The molecular weight excluding hydrogens is 310 g/mol. The van der Waals surface area contributed by atoms with E-state index in [2.05, 4.69) is 25.5 Å². The fraction of sp³-hybridized carbons (Fsp3) is 0.278. The highest BCUT2D eigenvalue weighted by Crippen LogP contribution is 2.19. The van der Waals surface area contributed by atoms with Gasteiger partial charge in [-0.2, -0.15) is 0 Å². The van der Waals surface area contributed by atoms with E-state index >= 15 is 0 Å². The second kappa shape index (κ2) is 7.42. The van der Waals surface area contributed by atoms with Crippen LogP contribution in [0.4, 0.5) is 0 Å². The summed E-state index contributed by atoms with van der Waals surface area (Å²) in [5, 5.41) is 0. The van der Waals surface area contributed by atoms with Crippen LogP contribution in [-0.2, 0) is 11.0 Å². The molecule has 2 aromatic carbocycles.